The highest BCUT2D eigenvalue weighted by Gasteiger charge is 2.25. The molecule has 0 aliphatic heterocycles. The van der Waals surface area contributed by atoms with Gasteiger partial charge in [0.25, 0.3) is 0 Å². The molecule has 0 radical (unpaired) electrons. The summed E-state index contributed by atoms with van der Waals surface area (Å²) >= 11 is 0.842. The summed E-state index contributed by atoms with van der Waals surface area (Å²) in [5.74, 6) is 0.611. The lowest BCUT2D eigenvalue weighted by Crippen LogP contribution is -2.05. The smallest absolute Gasteiger partial charge is 0.304 e. The maximum atomic E-state index is 11.6. The average Bonchev–Trinajstić information content (AvgIpc) is 3.10. The Morgan fingerprint density at radius 2 is 2.00 bits per heavy atom. The van der Waals surface area contributed by atoms with Gasteiger partial charge in [-0.25, -0.2) is 8.42 Å². The maximum absolute atomic E-state index is 11.6. The van der Waals surface area contributed by atoms with Crippen LogP contribution in [-0.2, 0) is 9.84 Å². The van der Waals surface area contributed by atoms with Crippen molar-refractivity contribution in [3.05, 3.63) is 52.3 Å². The first-order valence-electron chi connectivity index (χ1n) is 6.99. The summed E-state index contributed by atoms with van der Waals surface area (Å²) in [7, 11) is -3.51. The molecular weight excluding hydrogens is 352 g/mol. The Kier molecular flexibility index (Phi) is 4.06. The minimum atomic E-state index is -3.51. The molecule has 3 rings (SSSR count). The van der Waals surface area contributed by atoms with Crippen LogP contribution >= 0.6 is 11.3 Å². The molecule has 24 heavy (non-hydrogen) atoms. The maximum Gasteiger partial charge on any atom is 0.304 e. The molecule has 9 heteroatoms. The number of rotatable bonds is 5. The van der Waals surface area contributed by atoms with Gasteiger partial charge in [0.05, 0.1) is 11.0 Å². The third kappa shape index (κ3) is 3.13. The number of anilines is 1. The molecule has 2 aromatic heterocycles. The van der Waals surface area contributed by atoms with Gasteiger partial charge in [0.15, 0.2) is 14.8 Å². The van der Waals surface area contributed by atoms with Gasteiger partial charge in [-0.3, -0.25) is 10.1 Å². The van der Waals surface area contributed by atoms with Crippen molar-refractivity contribution in [2.75, 3.05) is 11.6 Å². The van der Waals surface area contributed by atoms with Crippen molar-refractivity contribution in [1.29, 1.82) is 0 Å². The Hall–Kier alpha value is -2.39. The van der Waals surface area contributed by atoms with E-state index in [2.05, 4.69) is 5.32 Å². The number of nitrogens with one attached hydrogen (secondary N) is 1. The second-order valence-electron chi connectivity index (χ2n) is 5.36. The van der Waals surface area contributed by atoms with E-state index in [9.17, 15) is 18.5 Å². The van der Waals surface area contributed by atoms with E-state index in [0.29, 0.717) is 5.76 Å². The second kappa shape index (κ2) is 5.91. The van der Waals surface area contributed by atoms with E-state index < -0.39 is 14.8 Å². The average molecular weight is 366 g/mol. The first-order valence-corrected chi connectivity index (χ1v) is 9.70. The molecule has 1 aromatic carbocycles. The Morgan fingerprint density at radius 1 is 1.29 bits per heavy atom. The summed E-state index contributed by atoms with van der Waals surface area (Å²) in [5, 5.41) is 15.3. The molecule has 0 amide bonds. The summed E-state index contributed by atoms with van der Waals surface area (Å²) in [4.78, 5) is 10.6. The zero-order chi connectivity index (χ0) is 17.5. The van der Waals surface area contributed by atoms with E-state index in [1.807, 2.05) is 30.3 Å². The largest absolute Gasteiger partial charge is 0.459 e. The van der Waals surface area contributed by atoms with Gasteiger partial charge in [-0.05, 0) is 19.1 Å². The van der Waals surface area contributed by atoms with Crippen LogP contribution in [-0.4, -0.2) is 19.6 Å². The second-order valence-corrected chi connectivity index (χ2v) is 8.66. The first-order chi connectivity index (χ1) is 11.3. The van der Waals surface area contributed by atoms with Crippen molar-refractivity contribution in [2.45, 2.75) is 17.2 Å². The fourth-order valence-corrected chi connectivity index (χ4v) is 4.29. The predicted molar refractivity (Wildman–Crippen MR) is 92.3 cm³/mol. The number of nitrogens with zero attached hydrogens (tertiary/aromatic N) is 1. The van der Waals surface area contributed by atoms with Crippen LogP contribution in [0.3, 0.4) is 0 Å². The van der Waals surface area contributed by atoms with Crippen LogP contribution in [0.15, 0.2) is 45.0 Å². The Bertz CT molecular complexity index is 987. The quantitative estimate of drug-likeness (QED) is 0.541. The van der Waals surface area contributed by atoms with Crippen molar-refractivity contribution in [3.63, 3.8) is 0 Å². The normalized spacial score (nSPS) is 13.1. The Labute approximate surface area is 142 Å². The third-order valence-corrected chi connectivity index (χ3v) is 6.33. The molecule has 1 atom stereocenters. The van der Waals surface area contributed by atoms with Gasteiger partial charge in [0, 0.05) is 17.7 Å². The van der Waals surface area contributed by atoms with Crippen LogP contribution in [0.4, 0.5) is 10.7 Å². The SMILES string of the molecule is CC(Nc1sc(S(C)(=O)=O)cc1[N+](=O)[O-])c1cc2ccccc2o1. The van der Waals surface area contributed by atoms with Gasteiger partial charge in [-0.15, -0.1) is 0 Å². The lowest BCUT2D eigenvalue weighted by atomic mass is 10.2. The van der Waals surface area contributed by atoms with Crippen LogP contribution in [0.1, 0.15) is 18.7 Å². The first kappa shape index (κ1) is 16.5. The molecule has 126 valence electrons. The number of nitro groups is 1. The molecule has 0 fully saturated rings. The molecule has 0 spiro atoms. The predicted octanol–water partition coefficient (Wildman–Crippen LogP) is 3.98. The van der Waals surface area contributed by atoms with E-state index >= 15 is 0 Å². The number of sulfone groups is 1. The molecule has 0 saturated carbocycles. The molecule has 1 unspecified atom stereocenters. The Morgan fingerprint density at radius 3 is 2.62 bits per heavy atom. The zero-order valence-electron chi connectivity index (χ0n) is 12.8. The molecule has 7 nitrogen and oxygen atoms in total. The Balaban J connectivity index is 1.94. The van der Waals surface area contributed by atoms with Crippen LogP contribution in [0.5, 0.6) is 0 Å². The molecule has 0 aliphatic rings. The number of para-hydroxylation sites is 1. The summed E-state index contributed by atoms with van der Waals surface area (Å²) in [6.45, 7) is 1.79. The number of fused-ring (bicyclic) bond motifs is 1. The topological polar surface area (TPSA) is 102 Å². The number of hydrogen-bond acceptors (Lipinski definition) is 7. The molecule has 1 N–H and O–H groups in total. The summed E-state index contributed by atoms with van der Waals surface area (Å²) in [5.41, 5.74) is 0.460. The van der Waals surface area contributed by atoms with Crippen LogP contribution in [0.2, 0.25) is 0 Å². The lowest BCUT2D eigenvalue weighted by Gasteiger charge is -2.10. The molecule has 3 aromatic rings. The molecule has 0 bridgehead atoms. The van der Waals surface area contributed by atoms with Gasteiger partial charge < -0.3 is 9.73 Å². The van der Waals surface area contributed by atoms with Crippen LogP contribution < -0.4 is 5.32 Å². The van der Waals surface area contributed by atoms with Crippen molar-refractivity contribution < 1.29 is 17.8 Å². The van der Waals surface area contributed by atoms with Crippen molar-refractivity contribution >= 4 is 42.8 Å². The number of thiophene rings is 1. The van der Waals surface area contributed by atoms with Gasteiger partial charge in [-0.1, -0.05) is 29.5 Å². The molecular formula is C15H14N2O5S2. The van der Waals surface area contributed by atoms with E-state index in [0.717, 1.165) is 34.6 Å². The highest BCUT2D eigenvalue weighted by Crippen LogP contribution is 2.39. The summed E-state index contributed by atoms with van der Waals surface area (Å²) in [6.07, 6.45) is 1.02. The summed E-state index contributed by atoms with van der Waals surface area (Å²) in [6, 6.07) is 10.1. The fourth-order valence-electron chi connectivity index (χ4n) is 2.26. The fraction of sp³-hybridized carbons (Fsp3) is 0.200. The van der Waals surface area contributed by atoms with Crippen molar-refractivity contribution in [2.24, 2.45) is 0 Å². The minimum Gasteiger partial charge on any atom is -0.459 e. The van der Waals surface area contributed by atoms with Crippen molar-refractivity contribution in [3.8, 4) is 0 Å². The molecule has 2 heterocycles. The van der Waals surface area contributed by atoms with Crippen LogP contribution in [0, 0.1) is 10.1 Å². The van der Waals surface area contributed by atoms with E-state index in [1.54, 1.807) is 6.92 Å². The summed E-state index contributed by atoms with van der Waals surface area (Å²) < 4.78 is 29.0. The number of furan rings is 1. The van der Waals surface area contributed by atoms with Crippen molar-refractivity contribution in [1.82, 2.24) is 0 Å². The molecule has 0 aliphatic carbocycles. The zero-order valence-corrected chi connectivity index (χ0v) is 14.5. The highest BCUT2D eigenvalue weighted by molar-refractivity contribution is 7.92. The van der Waals surface area contributed by atoms with Gasteiger partial charge >= 0.3 is 5.69 Å². The number of hydrogen-bond donors (Lipinski definition) is 1. The van der Waals surface area contributed by atoms with Crippen LogP contribution in [0.25, 0.3) is 11.0 Å². The number of benzene rings is 1. The van der Waals surface area contributed by atoms with E-state index in [1.165, 1.54) is 0 Å². The van der Waals surface area contributed by atoms with Gasteiger partial charge in [0.2, 0.25) is 0 Å². The van der Waals surface area contributed by atoms with E-state index in [4.69, 9.17) is 4.42 Å². The lowest BCUT2D eigenvalue weighted by molar-refractivity contribution is -0.383. The van der Waals surface area contributed by atoms with Gasteiger partial charge in [-0.2, -0.15) is 0 Å². The van der Waals surface area contributed by atoms with Gasteiger partial charge in [0.1, 0.15) is 15.6 Å². The standard InChI is InChI=1S/C15H14N2O5S2/c1-9(13-7-10-5-3-4-6-12(10)22-13)16-15-11(17(18)19)8-14(23-15)24(2,20)21/h3-9,16H,1-2H3. The third-order valence-electron chi connectivity index (χ3n) is 3.47. The highest BCUT2D eigenvalue weighted by atomic mass is 32.2. The molecule has 0 saturated heterocycles. The minimum absolute atomic E-state index is 0.0477. The van der Waals surface area contributed by atoms with E-state index in [-0.39, 0.29) is 20.9 Å². The monoisotopic (exact) mass is 366 g/mol.